The Hall–Kier alpha value is -2.33. The van der Waals surface area contributed by atoms with Gasteiger partial charge in [-0.2, -0.15) is 0 Å². The molecule has 3 rings (SSSR count). The van der Waals surface area contributed by atoms with Gasteiger partial charge in [0.1, 0.15) is 11.5 Å². The van der Waals surface area contributed by atoms with E-state index in [9.17, 15) is 9.90 Å². The largest absolute Gasteiger partial charge is 0.457 e. The number of benzene rings is 2. The first-order valence-electron chi connectivity index (χ1n) is 8.76. The van der Waals surface area contributed by atoms with Gasteiger partial charge in [0.05, 0.1) is 5.92 Å². The molecule has 0 atom stereocenters. The molecule has 2 N–H and O–H groups in total. The van der Waals surface area contributed by atoms with Crippen LogP contribution in [0.5, 0.6) is 11.5 Å². The summed E-state index contributed by atoms with van der Waals surface area (Å²) in [6.45, 7) is 4.81. The van der Waals surface area contributed by atoms with Crippen LogP contribution in [0.4, 0.5) is 0 Å². The minimum atomic E-state index is -0.355. The normalized spacial score (nSPS) is 13.6. The lowest BCUT2D eigenvalue weighted by molar-refractivity contribution is -0.121. The zero-order valence-corrected chi connectivity index (χ0v) is 14.8. The number of hydrogen-bond donors (Lipinski definition) is 2. The van der Waals surface area contributed by atoms with Crippen LogP contribution < -0.4 is 10.1 Å². The van der Waals surface area contributed by atoms with Crippen LogP contribution in [0.1, 0.15) is 43.7 Å². The number of hydrogen-bond acceptors (Lipinski definition) is 3. The molecular weight excluding hydrogens is 314 g/mol. The lowest BCUT2D eigenvalue weighted by Gasteiger charge is -2.27. The van der Waals surface area contributed by atoms with E-state index in [-0.39, 0.29) is 23.8 Å². The molecule has 0 bridgehead atoms. The van der Waals surface area contributed by atoms with Gasteiger partial charge < -0.3 is 15.2 Å². The third-order valence-electron chi connectivity index (χ3n) is 4.70. The molecule has 0 radical (unpaired) electrons. The molecule has 132 valence electrons. The predicted octanol–water partition coefficient (Wildman–Crippen LogP) is 3.84. The summed E-state index contributed by atoms with van der Waals surface area (Å²) in [5, 5.41) is 12.4. The smallest absolute Gasteiger partial charge is 0.232 e. The minimum absolute atomic E-state index is 0.00926. The molecule has 1 aliphatic heterocycles. The van der Waals surface area contributed by atoms with Gasteiger partial charge in [0.2, 0.25) is 5.91 Å². The molecule has 0 aromatic heterocycles. The lowest BCUT2D eigenvalue weighted by Crippen LogP contribution is -2.33. The molecule has 0 spiro atoms. The van der Waals surface area contributed by atoms with E-state index in [1.165, 1.54) is 0 Å². The highest BCUT2D eigenvalue weighted by Gasteiger charge is 2.32. The SMILES string of the molecule is CC(C)(CO)CCCNC(=O)C1c2ccccc2Oc2ccccc21. The van der Waals surface area contributed by atoms with E-state index in [0.29, 0.717) is 6.54 Å². The molecule has 1 heterocycles. The molecule has 2 aromatic rings. The van der Waals surface area contributed by atoms with Gasteiger partial charge in [-0.25, -0.2) is 0 Å². The summed E-state index contributed by atoms with van der Waals surface area (Å²) in [6.07, 6.45) is 1.70. The molecule has 0 saturated heterocycles. The second kappa shape index (κ2) is 7.28. The maximum absolute atomic E-state index is 12.9. The number of carbonyl (C=O) groups excluding carboxylic acids is 1. The van der Waals surface area contributed by atoms with Gasteiger partial charge in [-0.05, 0) is 30.4 Å². The third-order valence-corrected chi connectivity index (χ3v) is 4.70. The topological polar surface area (TPSA) is 58.6 Å². The van der Waals surface area contributed by atoms with Crippen molar-refractivity contribution in [2.75, 3.05) is 13.2 Å². The summed E-state index contributed by atoms with van der Waals surface area (Å²) in [6, 6.07) is 15.4. The van der Waals surface area contributed by atoms with Crippen LogP contribution in [0.3, 0.4) is 0 Å². The average Bonchev–Trinajstić information content (AvgIpc) is 2.63. The molecule has 0 aliphatic carbocycles. The Morgan fingerprint density at radius 2 is 1.64 bits per heavy atom. The van der Waals surface area contributed by atoms with Crippen molar-refractivity contribution in [1.29, 1.82) is 0 Å². The molecule has 0 saturated carbocycles. The van der Waals surface area contributed by atoms with Crippen molar-refractivity contribution in [2.24, 2.45) is 5.41 Å². The highest BCUT2D eigenvalue weighted by Crippen LogP contribution is 2.43. The van der Waals surface area contributed by atoms with Crippen LogP contribution in [0.25, 0.3) is 0 Å². The quantitative estimate of drug-likeness (QED) is 0.786. The fraction of sp³-hybridized carbons (Fsp3) is 0.381. The summed E-state index contributed by atoms with van der Waals surface area (Å²) < 4.78 is 5.93. The highest BCUT2D eigenvalue weighted by molar-refractivity contribution is 5.89. The molecule has 4 heteroatoms. The maximum atomic E-state index is 12.9. The first-order chi connectivity index (χ1) is 12.0. The number of fused-ring (bicyclic) bond motifs is 2. The van der Waals surface area contributed by atoms with Crippen LogP contribution in [0, 0.1) is 5.41 Å². The van der Waals surface area contributed by atoms with E-state index >= 15 is 0 Å². The van der Waals surface area contributed by atoms with Crippen LogP contribution in [0.2, 0.25) is 0 Å². The van der Waals surface area contributed by atoms with Gasteiger partial charge in [0, 0.05) is 24.3 Å². The lowest BCUT2D eigenvalue weighted by atomic mass is 9.87. The fourth-order valence-corrected chi connectivity index (χ4v) is 3.15. The molecule has 0 fully saturated rings. The Morgan fingerprint density at radius 1 is 1.08 bits per heavy atom. The van der Waals surface area contributed by atoms with Gasteiger partial charge in [0.25, 0.3) is 0 Å². The summed E-state index contributed by atoms with van der Waals surface area (Å²) in [4.78, 5) is 12.9. The average molecular weight is 339 g/mol. The van der Waals surface area contributed by atoms with E-state index in [1.54, 1.807) is 0 Å². The molecule has 1 amide bonds. The van der Waals surface area contributed by atoms with Crippen molar-refractivity contribution in [1.82, 2.24) is 5.32 Å². The summed E-state index contributed by atoms with van der Waals surface area (Å²) in [5.41, 5.74) is 1.69. The fourth-order valence-electron chi connectivity index (χ4n) is 3.15. The first kappa shape index (κ1) is 17.5. The Bertz CT molecular complexity index is 709. The van der Waals surface area contributed by atoms with Crippen molar-refractivity contribution in [3.05, 3.63) is 59.7 Å². The Kier molecular flexibility index (Phi) is 5.09. The van der Waals surface area contributed by atoms with E-state index < -0.39 is 0 Å². The van der Waals surface area contributed by atoms with Crippen molar-refractivity contribution in [2.45, 2.75) is 32.6 Å². The van der Waals surface area contributed by atoms with Crippen LogP contribution in [-0.2, 0) is 4.79 Å². The summed E-state index contributed by atoms with van der Waals surface area (Å²) in [7, 11) is 0. The molecule has 25 heavy (non-hydrogen) atoms. The standard InChI is InChI=1S/C21H25NO3/c1-21(2,14-23)12-7-13-22-20(24)19-15-8-3-5-10-17(15)25-18-11-6-4-9-16(18)19/h3-6,8-11,19,23H,7,12-14H2,1-2H3,(H,22,24). The third kappa shape index (κ3) is 3.85. The van der Waals surface area contributed by atoms with Gasteiger partial charge in [-0.3, -0.25) is 4.79 Å². The number of rotatable bonds is 6. The Labute approximate surface area is 148 Å². The molecular formula is C21H25NO3. The molecule has 1 aliphatic rings. The number of aliphatic hydroxyl groups excluding tert-OH is 1. The Balaban J connectivity index is 1.74. The zero-order valence-electron chi connectivity index (χ0n) is 14.8. The first-order valence-corrected chi connectivity index (χ1v) is 8.76. The van der Waals surface area contributed by atoms with Crippen molar-refractivity contribution < 1.29 is 14.6 Å². The van der Waals surface area contributed by atoms with E-state index in [2.05, 4.69) is 5.32 Å². The number of nitrogens with one attached hydrogen (secondary N) is 1. The van der Waals surface area contributed by atoms with Crippen LogP contribution in [0.15, 0.2) is 48.5 Å². The van der Waals surface area contributed by atoms with Crippen molar-refractivity contribution in [3.63, 3.8) is 0 Å². The van der Waals surface area contributed by atoms with E-state index in [4.69, 9.17) is 4.74 Å². The number of aliphatic hydroxyl groups is 1. The van der Waals surface area contributed by atoms with Gasteiger partial charge in [-0.1, -0.05) is 50.2 Å². The second-order valence-electron chi connectivity index (χ2n) is 7.33. The molecule has 4 nitrogen and oxygen atoms in total. The molecule has 0 unspecified atom stereocenters. The van der Waals surface area contributed by atoms with E-state index in [1.807, 2.05) is 62.4 Å². The number of amides is 1. The summed E-state index contributed by atoms with van der Waals surface area (Å²) in [5.74, 6) is 1.11. The van der Waals surface area contributed by atoms with Gasteiger partial charge >= 0.3 is 0 Å². The predicted molar refractivity (Wildman–Crippen MR) is 97.9 cm³/mol. The number of ether oxygens (including phenoxy) is 1. The number of carbonyl (C=O) groups is 1. The van der Waals surface area contributed by atoms with Gasteiger partial charge in [-0.15, -0.1) is 0 Å². The summed E-state index contributed by atoms with van der Waals surface area (Å²) >= 11 is 0. The Morgan fingerprint density at radius 3 is 2.20 bits per heavy atom. The highest BCUT2D eigenvalue weighted by atomic mass is 16.5. The number of para-hydroxylation sites is 2. The second-order valence-corrected chi connectivity index (χ2v) is 7.33. The monoisotopic (exact) mass is 339 g/mol. The molecule has 2 aromatic carbocycles. The van der Waals surface area contributed by atoms with Crippen molar-refractivity contribution >= 4 is 5.91 Å². The zero-order chi connectivity index (χ0) is 17.9. The van der Waals surface area contributed by atoms with Gasteiger partial charge in [0.15, 0.2) is 0 Å². The van der Waals surface area contributed by atoms with Crippen molar-refractivity contribution in [3.8, 4) is 11.5 Å². The van der Waals surface area contributed by atoms with Crippen LogP contribution >= 0.6 is 0 Å². The minimum Gasteiger partial charge on any atom is -0.457 e. The van der Waals surface area contributed by atoms with Crippen LogP contribution in [-0.4, -0.2) is 24.2 Å². The van der Waals surface area contributed by atoms with E-state index in [0.717, 1.165) is 35.5 Å². The maximum Gasteiger partial charge on any atom is 0.232 e.